The molecule has 1 fully saturated rings. The van der Waals surface area contributed by atoms with Gasteiger partial charge in [0.15, 0.2) is 0 Å². The molecule has 0 unspecified atom stereocenters. The molecule has 0 spiro atoms. The molecule has 112 valence electrons. The van der Waals surface area contributed by atoms with Gasteiger partial charge in [0.1, 0.15) is 0 Å². The van der Waals surface area contributed by atoms with Gasteiger partial charge in [-0.1, -0.05) is 13.8 Å². The molecule has 0 saturated heterocycles. The van der Waals surface area contributed by atoms with Gasteiger partial charge in [0, 0.05) is 18.1 Å². The van der Waals surface area contributed by atoms with Gasteiger partial charge in [0.05, 0.1) is 6.54 Å². The third-order valence-corrected chi connectivity index (χ3v) is 3.91. The van der Waals surface area contributed by atoms with Gasteiger partial charge in [0.2, 0.25) is 5.91 Å². The Labute approximate surface area is 118 Å². The van der Waals surface area contributed by atoms with Gasteiger partial charge in [-0.2, -0.15) is 0 Å². The van der Waals surface area contributed by atoms with Crippen molar-refractivity contribution < 1.29 is 4.79 Å². The standard InChI is InChI=1S/C15H31N3O/c1-5-16-13-7-9-14(10-8-13)18(6-2)11-15(19)17-12(3)4/h12-14,16H,5-11H2,1-4H3,(H,17,19). The maximum Gasteiger partial charge on any atom is 0.234 e. The molecule has 1 saturated carbocycles. The molecule has 1 aliphatic rings. The number of carbonyl (C=O) groups excluding carboxylic acids is 1. The predicted octanol–water partition coefficient (Wildman–Crippen LogP) is 1.75. The van der Waals surface area contributed by atoms with Crippen LogP contribution in [0, 0.1) is 0 Å². The summed E-state index contributed by atoms with van der Waals surface area (Å²) in [5.41, 5.74) is 0. The van der Waals surface area contributed by atoms with Gasteiger partial charge in [-0.05, 0) is 52.6 Å². The van der Waals surface area contributed by atoms with E-state index < -0.39 is 0 Å². The molecule has 0 aromatic rings. The number of nitrogens with zero attached hydrogens (tertiary/aromatic N) is 1. The maximum atomic E-state index is 11.9. The van der Waals surface area contributed by atoms with Gasteiger partial charge in [-0.3, -0.25) is 9.69 Å². The molecule has 4 heteroatoms. The Hall–Kier alpha value is -0.610. The zero-order chi connectivity index (χ0) is 14.3. The third-order valence-electron chi connectivity index (χ3n) is 3.91. The summed E-state index contributed by atoms with van der Waals surface area (Å²) in [5.74, 6) is 0.158. The van der Waals surface area contributed by atoms with Crippen LogP contribution >= 0.6 is 0 Å². The van der Waals surface area contributed by atoms with Crippen molar-refractivity contribution >= 4 is 5.91 Å². The molecule has 0 aromatic heterocycles. The highest BCUT2D eigenvalue weighted by atomic mass is 16.2. The van der Waals surface area contributed by atoms with Gasteiger partial charge < -0.3 is 10.6 Å². The van der Waals surface area contributed by atoms with Crippen molar-refractivity contribution in [2.45, 2.75) is 71.5 Å². The molecule has 0 aromatic carbocycles. The SMILES string of the molecule is CCNC1CCC(N(CC)CC(=O)NC(C)C)CC1. The number of hydrogen-bond acceptors (Lipinski definition) is 3. The van der Waals surface area contributed by atoms with E-state index in [0.717, 1.165) is 13.1 Å². The van der Waals surface area contributed by atoms with E-state index in [2.05, 4.69) is 29.4 Å². The van der Waals surface area contributed by atoms with Gasteiger partial charge >= 0.3 is 0 Å². The first-order valence-electron chi connectivity index (χ1n) is 7.83. The van der Waals surface area contributed by atoms with Crippen LogP contribution in [0.2, 0.25) is 0 Å². The lowest BCUT2D eigenvalue weighted by Gasteiger charge is -2.36. The highest BCUT2D eigenvalue weighted by Crippen LogP contribution is 2.22. The number of carbonyl (C=O) groups is 1. The molecular weight excluding hydrogens is 238 g/mol. The van der Waals surface area contributed by atoms with E-state index in [1.165, 1.54) is 25.7 Å². The zero-order valence-corrected chi connectivity index (χ0v) is 13.0. The fourth-order valence-corrected chi connectivity index (χ4v) is 2.98. The van der Waals surface area contributed by atoms with Crippen molar-refractivity contribution in [1.82, 2.24) is 15.5 Å². The van der Waals surface area contributed by atoms with Crippen molar-refractivity contribution in [2.24, 2.45) is 0 Å². The predicted molar refractivity (Wildman–Crippen MR) is 80.2 cm³/mol. The van der Waals surface area contributed by atoms with Crippen molar-refractivity contribution in [2.75, 3.05) is 19.6 Å². The summed E-state index contributed by atoms with van der Waals surface area (Å²) in [6.45, 7) is 10.9. The average Bonchev–Trinajstić information content (AvgIpc) is 2.36. The smallest absolute Gasteiger partial charge is 0.234 e. The minimum atomic E-state index is 0.158. The Morgan fingerprint density at radius 3 is 2.32 bits per heavy atom. The number of rotatable bonds is 7. The first-order valence-corrected chi connectivity index (χ1v) is 7.83. The summed E-state index contributed by atoms with van der Waals surface area (Å²) in [7, 11) is 0. The lowest BCUT2D eigenvalue weighted by atomic mass is 9.90. The summed E-state index contributed by atoms with van der Waals surface area (Å²) in [4.78, 5) is 14.2. The van der Waals surface area contributed by atoms with E-state index in [4.69, 9.17) is 0 Å². The van der Waals surface area contributed by atoms with Crippen LogP contribution < -0.4 is 10.6 Å². The zero-order valence-electron chi connectivity index (χ0n) is 13.0. The van der Waals surface area contributed by atoms with Crippen LogP contribution in [0.5, 0.6) is 0 Å². The van der Waals surface area contributed by atoms with Crippen LogP contribution in [0.25, 0.3) is 0 Å². The number of likely N-dealkylation sites (N-methyl/N-ethyl adjacent to an activating group) is 1. The largest absolute Gasteiger partial charge is 0.353 e. The first kappa shape index (κ1) is 16.4. The van der Waals surface area contributed by atoms with E-state index >= 15 is 0 Å². The summed E-state index contributed by atoms with van der Waals surface area (Å²) in [6, 6.07) is 1.50. The van der Waals surface area contributed by atoms with Crippen LogP contribution in [0.3, 0.4) is 0 Å². The summed E-state index contributed by atoms with van der Waals surface area (Å²) < 4.78 is 0. The minimum absolute atomic E-state index is 0.158. The Balaban J connectivity index is 2.37. The molecule has 0 atom stereocenters. The third kappa shape index (κ3) is 5.91. The van der Waals surface area contributed by atoms with Gasteiger partial charge in [-0.25, -0.2) is 0 Å². The lowest BCUT2D eigenvalue weighted by Crippen LogP contribution is -2.47. The van der Waals surface area contributed by atoms with Crippen LogP contribution in [0.15, 0.2) is 0 Å². The van der Waals surface area contributed by atoms with E-state index in [9.17, 15) is 4.79 Å². The summed E-state index contributed by atoms with van der Waals surface area (Å²) in [6.07, 6.45) is 4.89. The molecule has 19 heavy (non-hydrogen) atoms. The van der Waals surface area contributed by atoms with Crippen LogP contribution in [-0.2, 0) is 4.79 Å². The molecule has 1 aliphatic carbocycles. The van der Waals surface area contributed by atoms with E-state index in [0.29, 0.717) is 18.6 Å². The Bertz CT molecular complexity index is 260. The van der Waals surface area contributed by atoms with Crippen molar-refractivity contribution in [3.8, 4) is 0 Å². The van der Waals surface area contributed by atoms with E-state index in [1.54, 1.807) is 0 Å². The highest BCUT2D eigenvalue weighted by Gasteiger charge is 2.25. The van der Waals surface area contributed by atoms with E-state index in [1.807, 2.05) is 13.8 Å². The normalized spacial score (nSPS) is 23.9. The molecule has 1 rings (SSSR count). The van der Waals surface area contributed by atoms with Crippen LogP contribution in [0.1, 0.15) is 53.4 Å². The minimum Gasteiger partial charge on any atom is -0.353 e. The second kappa shape index (κ2) is 8.54. The summed E-state index contributed by atoms with van der Waals surface area (Å²) >= 11 is 0. The number of amides is 1. The highest BCUT2D eigenvalue weighted by molar-refractivity contribution is 5.78. The number of nitrogens with one attached hydrogen (secondary N) is 2. The molecular formula is C15H31N3O. The molecule has 2 N–H and O–H groups in total. The maximum absolute atomic E-state index is 11.9. The first-order chi connectivity index (χ1) is 9.06. The Kier molecular flexibility index (Phi) is 7.39. The fraction of sp³-hybridized carbons (Fsp3) is 0.933. The van der Waals surface area contributed by atoms with Gasteiger partial charge in [0.25, 0.3) is 0 Å². The second-order valence-corrected chi connectivity index (χ2v) is 5.85. The molecule has 0 radical (unpaired) electrons. The lowest BCUT2D eigenvalue weighted by molar-refractivity contribution is -0.123. The Morgan fingerprint density at radius 1 is 1.21 bits per heavy atom. The summed E-state index contributed by atoms with van der Waals surface area (Å²) in [5, 5.41) is 6.51. The quantitative estimate of drug-likeness (QED) is 0.740. The molecule has 0 bridgehead atoms. The van der Waals surface area contributed by atoms with Crippen molar-refractivity contribution in [1.29, 1.82) is 0 Å². The second-order valence-electron chi connectivity index (χ2n) is 5.85. The number of hydrogen-bond donors (Lipinski definition) is 2. The Morgan fingerprint density at radius 2 is 1.84 bits per heavy atom. The average molecular weight is 269 g/mol. The monoisotopic (exact) mass is 269 g/mol. The fourth-order valence-electron chi connectivity index (χ4n) is 2.98. The molecule has 0 aliphatic heterocycles. The van der Waals surface area contributed by atoms with Crippen molar-refractivity contribution in [3.63, 3.8) is 0 Å². The van der Waals surface area contributed by atoms with Crippen molar-refractivity contribution in [3.05, 3.63) is 0 Å². The van der Waals surface area contributed by atoms with Crippen LogP contribution in [0.4, 0.5) is 0 Å². The molecule has 1 amide bonds. The van der Waals surface area contributed by atoms with E-state index in [-0.39, 0.29) is 11.9 Å². The molecule has 0 heterocycles. The van der Waals surface area contributed by atoms with Crippen LogP contribution in [-0.4, -0.2) is 48.6 Å². The molecule has 4 nitrogen and oxygen atoms in total. The topological polar surface area (TPSA) is 44.4 Å². The van der Waals surface area contributed by atoms with Gasteiger partial charge in [-0.15, -0.1) is 0 Å².